The molecule has 2 aliphatic heterocycles. The smallest absolute Gasteiger partial charge is 0.311 e. The van der Waals surface area contributed by atoms with E-state index in [2.05, 4.69) is 24.1 Å². The molecule has 0 aromatic heterocycles. The Hall–Kier alpha value is -1.63. The van der Waals surface area contributed by atoms with E-state index in [1.54, 1.807) is 0 Å². The summed E-state index contributed by atoms with van der Waals surface area (Å²) in [5.74, 6) is -1.05. The Labute approximate surface area is 130 Å². The molecule has 22 heavy (non-hydrogen) atoms. The molecule has 0 unspecified atom stereocenters. The molecule has 118 valence electrons. The van der Waals surface area contributed by atoms with E-state index in [-0.39, 0.29) is 12.0 Å². The average molecular weight is 303 g/mol. The van der Waals surface area contributed by atoms with Crippen molar-refractivity contribution in [3.63, 3.8) is 0 Å². The number of unbranched alkanes of at least 4 members (excludes halogenated alkanes) is 3. The standard InChI is InChI=1S/C16H22N4O2/c1-3-4-5-6-7-12-14(9-17)13(19)20-16(15(12,14)10-18)21-8-11(2)22-16/h11-12H,3-8H2,1-2H3,(H2,19,20)/p+1/t11-,12+,14+,15+,16+/m0/s1. The highest BCUT2D eigenvalue weighted by Gasteiger charge is 2.96. The van der Waals surface area contributed by atoms with Crippen LogP contribution in [-0.4, -0.2) is 24.5 Å². The molecular formula is C16H23N4O2+. The Morgan fingerprint density at radius 3 is 2.64 bits per heavy atom. The van der Waals surface area contributed by atoms with Gasteiger partial charge in [0.2, 0.25) is 0 Å². The fraction of sp³-hybridized carbons (Fsp3) is 0.812. The fourth-order valence-electron chi connectivity index (χ4n) is 4.35. The monoisotopic (exact) mass is 303 g/mol. The lowest BCUT2D eigenvalue weighted by atomic mass is 9.94. The molecule has 1 saturated carbocycles. The van der Waals surface area contributed by atoms with Crippen LogP contribution in [0, 0.1) is 39.4 Å². The van der Waals surface area contributed by atoms with Crippen molar-refractivity contribution in [2.24, 2.45) is 22.5 Å². The molecule has 3 N–H and O–H groups in total. The number of nitriles is 2. The fourth-order valence-corrected chi connectivity index (χ4v) is 4.35. The van der Waals surface area contributed by atoms with Crippen molar-refractivity contribution in [2.75, 3.05) is 6.61 Å². The predicted molar refractivity (Wildman–Crippen MR) is 77.7 cm³/mol. The van der Waals surface area contributed by atoms with Gasteiger partial charge in [-0.25, -0.2) is 4.99 Å². The highest BCUT2D eigenvalue weighted by atomic mass is 16.8. The Morgan fingerprint density at radius 2 is 2.09 bits per heavy atom. The largest absolute Gasteiger partial charge is 0.343 e. The first kappa shape index (κ1) is 15.3. The minimum Gasteiger partial charge on any atom is -0.311 e. The van der Waals surface area contributed by atoms with E-state index in [4.69, 9.17) is 15.2 Å². The van der Waals surface area contributed by atoms with Crippen LogP contribution >= 0.6 is 0 Å². The number of nitrogens with one attached hydrogen (secondary N) is 1. The van der Waals surface area contributed by atoms with Crippen molar-refractivity contribution >= 4 is 5.84 Å². The minimum absolute atomic E-state index is 0.124. The number of ether oxygens (including phenoxy) is 2. The molecule has 0 aromatic rings. The van der Waals surface area contributed by atoms with Gasteiger partial charge in [-0.15, -0.1) is 0 Å². The van der Waals surface area contributed by atoms with E-state index < -0.39 is 16.7 Å². The molecule has 1 aliphatic carbocycles. The summed E-state index contributed by atoms with van der Waals surface area (Å²) in [5, 5.41) is 19.7. The molecule has 0 aromatic carbocycles. The van der Waals surface area contributed by atoms with E-state index in [0.29, 0.717) is 12.4 Å². The van der Waals surface area contributed by atoms with Crippen LogP contribution in [0.1, 0.15) is 46.0 Å². The summed E-state index contributed by atoms with van der Waals surface area (Å²) >= 11 is 0. The van der Waals surface area contributed by atoms with Crippen LogP contribution in [0.4, 0.5) is 0 Å². The van der Waals surface area contributed by atoms with Crippen molar-refractivity contribution in [2.45, 2.75) is 58.0 Å². The van der Waals surface area contributed by atoms with Crippen molar-refractivity contribution in [1.29, 1.82) is 10.5 Å². The van der Waals surface area contributed by atoms with Gasteiger partial charge in [-0.3, -0.25) is 5.73 Å². The highest BCUT2D eigenvalue weighted by Crippen LogP contribution is 2.76. The van der Waals surface area contributed by atoms with Gasteiger partial charge in [-0.2, -0.15) is 10.5 Å². The van der Waals surface area contributed by atoms with Gasteiger partial charge in [0.1, 0.15) is 0 Å². The second-order valence-electron chi connectivity index (χ2n) is 6.64. The first-order valence-corrected chi connectivity index (χ1v) is 8.10. The molecule has 5 atom stereocenters. The quantitative estimate of drug-likeness (QED) is 0.703. The molecule has 0 radical (unpaired) electrons. The Kier molecular flexibility index (Phi) is 3.43. The lowest BCUT2D eigenvalue weighted by Gasteiger charge is -2.23. The maximum Gasteiger partial charge on any atom is 0.343 e. The van der Waals surface area contributed by atoms with Crippen molar-refractivity contribution in [3.05, 3.63) is 0 Å². The number of nitrogens with zero attached hydrogens (tertiary/aromatic N) is 2. The number of rotatable bonds is 5. The van der Waals surface area contributed by atoms with Gasteiger partial charge in [0.05, 0.1) is 24.8 Å². The molecule has 0 bridgehead atoms. The molecule has 0 amide bonds. The van der Waals surface area contributed by atoms with E-state index in [1.165, 1.54) is 6.42 Å². The van der Waals surface area contributed by atoms with Gasteiger partial charge in [-0.05, 0) is 13.3 Å². The summed E-state index contributed by atoms with van der Waals surface area (Å²) in [4.78, 5) is 2.98. The summed E-state index contributed by atoms with van der Waals surface area (Å²) in [6, 6.07) is 4.65. The molecule has 1 saturated heterocycles. The third-order valence-corrected chi connectivity index (χ3v) is 5.41. The molecule has 6 heteroatoms. The normalized spacial score (nSPS) is 45.2. The van der Waals surface area contributed by atoms with E-state index in [1.807, 2.05) is 6.92 Å². The molecular weight excluding hydrogens is 280 g/mol. The number of amidine groups is 1. The molecule has 1 spiro atoms. The van der Waals surface area contributed by atoms with Gasteiger partial charge >= 0.3 is 5.91 Å². The van der Waals surface area contributed by atoms with Crippen LogP contribution in [0.2, 0.25) is 0 Å². The van der Waals surface area contributed by atoms with E-state index in [0.717, 1.165) is 25.7 Å². The van der Waals surface area contributed by atoms with E-state index >= 15 is 0 Å². The van der Waals surface area contributed by atoms with Gasteiger partial charge in [0.15, 0.2) is 10.8 Å². The van der Waals surface area contributed by atoms with Crippen LogP contribution in [0.15, 0.2) is 0 Å². The van der Waals surface area contributed by atoms with Crippen molar-refractivity contribution < 1.29 is 14.5 Å². The number of hydrogen-bond donors (Lipinski definition) is 2. The maximum atomic E-state index is 9.90. The first-order valence-electron chi connectivity index (χ1n) is 8.10. The number of fused-ring (bicyclic) bond motifs is 2. The van der Waals surface area contributed by atoms with E-state index in [9.17, 15) is 10.5 Å². The molecule has 6 nitrogen and oxygen atoms in total. The van der Waals surface area contributed by atoms with Gasteiger partial charge in [0.25, 0.3) is 5.84 Å². The Balaban J connectivity index is 1.90. The topological polar surface area (TPSA) is 106 Å². The Morgan fingerprint density at radius 1 is 1.32 bits per heavy atom. The second kappa shape index (κ2) is 4.94. The van der Waals surface area contributed by atoms with Crippen molar-refractivity contribution in [1.82, 2.24) is 0 Å². The summed E-state index contributed by atoms with van der Waals surface area (Å²) < 4.78 is 11.7. The second-order valence-corrected chi connectivity index (χ2v) is 6.64. The predicted octanol–water partition coefficient (Wildman–Crippen LogP) is 0.147. The van der Waals surface area contributed by atoms with Crippen LogP contribution < -0.4 is 10.7 Å². The zero-order valence-electron chi connectivity index (χ0n) is 13.2. The lowest BCUT2D eigenvalue weighted by molar-refractivity contribution is -0.678. The molecule has 3 rings (SSSR count). The molecule has 3 aliphatic rings. The van der Waals surface area contributed by atoms with Gasteiger partial charge in [0, 0.05) is 5.92 Å². The number of nitrogens with two attached hydrogens (primary N) is 1. The molecule has 2 fully saturated rings. The average Bonchev–Trinajstić information content (AvgIpc) is 2.84. The summed E-state index contributed by atoms with van der Waals surface area (Å²) in [5.41, 5.74) is 4.10. The zero-order chi connectivity index (χ0) is 16.0. The minimum atomic E-state index is -1.25. The Bertz CT molecular complexity index is 592. The van der Waals surface area contributed by atoms with Crippen LogP contribution in [0.3, 0.4) is 0 Å². The summed E-state index contributed by atoms with van der Waals surface area (Å²) in [6.07, 6.45) is 5.09. The highest BCUT2D eigenvalue weighted by molar-refractivity contribution is 5.93. The summed E-state index contributed by atoms with van der Waals surface area (Å²) in [7, 11) is 0. The van der Waals surface area contributed by atoms with Crippen molar-refractivity contribution in [3.8, 4) is 12.1 Å². The third-order valence-electron chi connectivity index (χ3n) is 5.41. The first-order chi connectivity index (χ1) is 10.5. The molecule has 2 heterocycles. The summed E-state index contributed by atoms with van der Waals surface area (Å²) in [6.45, 7) is 4.45. The van der Waals surface area contributed by atoms with Gasteiger partial charge in [-0.1, -0.05) is 32.6 Å². The number of hydrogen-bond acceptors (Lipinski definition) is 5. The van der Waals surface area contributed by atoms with Gasteiger partial charge < -0.3 is 9.47 Å². The third kappa shape index (κ3) is 1.52. The van der Waals surface area contributed by atoms with Crippen LogP contribution in [-0.2, 0) is 9.47 Å². The SMILES string of the molecule is CCCCCC[C@H]1[C@@]2(C#N)[C@@]3([NH+]=C(N)[C@@]12C#N)OC[C@H](C)O3. The van der Waals surface area contributed by atoms with Crippen LogP contribution in [0.25, 0.3) is 0 Å². The maximum absolute atomic E-state index is 9.90. The lowest BCUT2D eigenvalue weighted by Crippen LogP contribution is -2.90. The van der Waals surface area contributed by atoms with Crippen LogP contribution in [0.5, 0.6) is 0 Å². The zero-order valence-corrected chi connectivity index (χ0v) is 13.2.